The summed E-state index contributed by atoms with van der Waals surface area (Å²) in [6, 6.07) is 8.12. The first kappa shape index (κ1) is 11.0. The van der Waals surface area contributed by atoms with Crippen molar-refractivity contribution in [2.24, 2.45) is 23.7 Å². The van der Waals surface area contributed by atoms with Gasteiger partial charge < -0.3 is 5.32 Å². The fourth-order valence-electron chi connectivity index (χ4n) is 4.39. The lowest BCUT2D eigenvalue weighted by molar-refractivity contribution is 0.0943. The minimum absolute atomic E-state index is 0.0845. The van der Waals surface area contributed by atoms with Gasteiger partial charge in [0.25, 0.3) is 5.91 Å². The highest BCUT2D eigenvalue weighted by Crippen LogP contribution is 2.65. The van der Waals surface area contributed by atoms with Crippen molar-refractivity contribution >= 4 is 21.8 Å². The number of fused-ring (bicyclic) bond motifs is 5. The van der Waals surface area contributed by atoms with Gasteiger partial charge in [-0.05, 0) is 71.0 Å². The SMILES string of the molecule is O=C(NC1C2C3CCC(C3)C12)c1ccccc1Br. The lowest BCUT2D eigenvalue weighted by Crippen LogP contribution is -2.30. The Balaban J connectivity index is 1.48. The summed E-state index contributed by atoms with van der Waals surface area (Å²) in [4.78, 5) is 12.2. The van der Waals surface area contributed by atoms with E-state index in [0.29, 0.717) is 6.04 Å². The highest BCUT2D eigenvalue weighted by Gasteiger charge is 2.65. The Morgan fingerprint density at radius 1 is 1.17 bits per heavy atom. The molecule has 1 aromatic rings. The molecule has 2 bridgehead atoms. The molecule has 4 rings (SSSR count). The summed E-state index contributed by atoms with van der Waals surface area (Å²) in [5, 5.41) is 3.24. The van der Waals surface area contributed by atoms with Crippen LogP contribution >= 0.6 is 15.9 Å². The highest BCUT2D eigenvalue weighted by molar-refractivity contribution is 9.10. The van der Waals surface area contributed by atoms with E-state index in [9.17, 15) is 4.79 Å². The normalized spacial score (nSPS) is 39.5. The maximum absolute atomic E-state index is 12.2. The number of benzene rings is 1. The molecule has 94 valence electrons. The Hall–Kier alpha value is -0.830. The van der Waals surface area contributed by atoms with Crippen molar-refractivity contribution < 1.29 is 4.79 Å². The van der Waals surface area contributed by atoms with E-state index in [0.717, 1.165) is 33.7 Å². The van der Waals surface area contributed by atoms with Crippen molar-refractivity contribution in [3.05, 3.63) is 34.3 Å². The average molecular weight is 306 g/mol. The van der Waals surface area contributed by atoms with Crippen LogP contribution in [0.4, 0.5) is 0 Å². The van der Waals surface area contributed by atoms with Crippen molar-refractivity contribution in [3.8, 4) is 0 Å². The fourth-order valence-corrected chi connectivity index (χ4v) is 4.86. The fraction of sp³-hybridized carbons (Fsp3) is 0.533. The summed E-state index contributed by atoms with van der Waals surface area (Å²) in [6.45, 7) is 0. The molecule has 2 nitrogen and oxygen atoms in total. The third kappa shape index (κ3) is 1.49. The van der Waals surface area contributed by atoms with Gasteiger partial charge in [0.1, 0.15) is 0 Å². The third-order valence-electron chi connectivity index (χ3n) is 5.15. The maximum Gasteiger partial charge on any atom is 0.252 e. The van der Waals surface area contributed by atoms with Gasteiger partial charge in [-0.3, -0.25) is 4.79 Å². The Morgan fingerprint density at radius 2 is 1.83 bits per heavy atom. The summed E-state index contributed by atoms with van der Waals surface area (Å²) in [6.07, 6.45) is 4.22. The molecule has 1 aromatic carbocycles. The summed E-state index contributed by atoms with van der Waals surface area (Å²) < 4.78 is 0.885. The van der Waals surface area contributed by atoms with Crippen LogP contribution in [0.3, 0.4) is 0 Å². The van der Waals surface area contributed by atoms with Gasteiger partial charge in [-0.1, -0.05) is 12.1 Å². The van der Waals surface area contributed by atoms with Crippen LogP contribution in [0.1, 0.15) is 29.6 Å². The molecular formula is C15H16BrNO. The van der Waals surface area contributed by atoms with Crippen LogP contribution in [0.25, 0.3) is 0 Å². The lowest BCUT2D eigenvalue weighted by atomic mass is 10.0. The quantitative estimate of drug-likeness (QED) is 0.893. The van der Waals surface area contributed by atoms with Gasteiger partial charge in [-0.25, -0.2) is 0 Å². The Morgan fingerprint density at radius 3 is 2.50 bits per heavy atom. The van der Waals surface area contributed by atoms with Gasteiger partial charge in [-0.15, -0.1) is 0 Å². The molecule has 1 N–H and O–H groups in total. The van der Waals surface area contributed by atoms with Gasteiger partial charge in [0, 0.05) is 10.5 Å². The number of carbonyl (C=O) groups excluding carboxylic acids is 1. The first-order chi connectivity index (χ1) is 8.75. The van der Waals surface area contributed by atoms with Crippen molar-refractivity contribution in [2.45, 2.75) is 25.3 Å². The van der Waals surface area contributed by atoms with Gasteiger partial charge in [0.2, 0.25) is 0 Å². The van der Waals surface area contributed by atoms with Crippen molar-refractivity contribution in [1.29, 1.82) is 0 Å². The van der Waals surface area contributed by atoms with Crippen molar-refractivity contribution in [1.82, 2.24) is 5.32 Å². The molecule has 0 aliphatic heterocycles. The van der Waals surface area contributed by atoms with Gasteiger partial charge in [0.15, 0.2) is 0 Å². The molecule has 0 saturated heterocycles. The molecule has 3 fully saturated rings. The van der Waals surface area contributed by atoms with Crippen LogP contribution in [0, 0.1) is 23.7 Å². The minimum Gasteiger partial charge on any atom is -0.349 e. The summed E-state index contributed by atoms with van der Waals surface area (Å²) >= 11 is 3.44. The number of carbonyl (C=O) groups is 1. The van der Waals surface area contributed by atoms with Crippen molar-refractivity contribution in [3.63, 3.8) is 0 Å². The lowest BCUT2D eigenvalue weighted by Gasteiger charge is -2.11. The van der Waals surface area contributed by atoms with Gasteiger partial charge in [-0.2, -0.15) is 0 Å². The molecule has 4 unspecified atom stereocenters. The molecule has 18 heavy (non-hydrogen) atoms. The molecule has 0 spiro atoms. The van der Waals surface area contributed by atoms with Crippen LogP contribution in [0.2, 0.25) is 0 Å². The van der Waals surface area contributed by atoms with E-state index in [1.54, 1.807) is 0 Å². The second kappa shape index (κ2) is 3.83. The van der Waals surface area contributed by atoms with E-state index in [1.807, 2.05) is 24.3 Å². The summed E-state index contributed by atoms with van der Waals surface area (Å²) in [5.74, 6) is 3.50. The van der Waals surface area contributed by atoms with Crippen LogP contribution in [0.5, 0.6) is 0 Å². The maximum atomic E-state index is 12.2. The molecule has 3 aliphatic rings. The summed E-state index contributed by atoms with van der Waals surface area (Å²) in [7, 11) is 0. The first-order valence-electron chi connectivity index (χ1n) is 6.81. The van der Waals surface area contributed by atoms with E-state index in [4.69, 9.17) is 0 Å². The van der Waals surface area contributed by atoms with Crippen molar-refractivity contribution in [2.75, 3.05) is 0 Å². The molecule has 1 amide bonds. The molecule has 4 atom stereocenters. The molecule has 3 aliphatic carbocycles. The smallest absolute Gasteiger partial charge is 0.252 e. The number of hydrogen-bond donors (Lipinski definition) is 1. The standard InChI is InChI=1S/C15H16BrNO/c16-11-4-2-1-3-10(11)15(18)17-14-12-8-5-6-9(7-8)13(12)14/h1-4,8-9,12-14H,5-7H2,(H,17,18). The predicted octanol–water partition coefficient (Wildman–Crippen LogP) is 3.22. The van der Waals surface area contributed by atoms with E-state index in [-0.39, 0.29) is 5.91 Å². The Bertz CT molecular complexity index is 499. The second-order valence-electron chi connectivity index (χ2n) is 5.97. The Kier molecular flexibility index (Phi) is 2.35. The molecule has 0 heterocycles. The molecule has 3 saturated carbocycles. The zero-order valence-corrected chi connectivity index (χ0v) is 11.7. The number of rotatable bonds is 2. The van der Waals surface area contributed by atoms with Gasteiger partial charge >= 0.3 is 0 Å². The highest BCUT2D eigenvalue weighted by atomic mass is 79.9. The second-order valence-corrected chi connectivity index (χ2v) is 6.82. The van der Waals surface area contributed by atoms with Crippen LogP contribution in [0.15, 0.2) is 28.7 Å². The zero-order chi connectivity index (χ0) is 12.3. The number of hydrogen-bond acceptors (Lipinski definition) is 1. The monoisotopic (exact) mass is 305 g/mol. The molecule has 0 aromatic heterocycles. The van der Waals surface area contributed by atoms with E-state index in [1.165, 1.54) is 19.3 Å². The number of halogens is 1. The molecular weight excluding hydrogens is 290 g/mol. The van der Waals surface area contributed by atoms with Crippen LogP contribution in [-0.4, -0.2) is 11.9 Å². The number of amides is 1. The average Bonchev–Trinajstić information content (AvgIpc) is 2.77. The van der Waals surface area contributed by atoms with E-state index < -0.39 is 0 Å². The zero-order valence-electron chi connectivity index (χ0n) is 10.1. The first-order valence-corrected chi connectivity index (χ1v) is 7.60. The number of nitrogens with one attached hydrogen (secondary N) is 1. The van der Waals surface area contributed by atoms with Crippen LogP contribution < -0.4 is 5.32 Å². The topological polar surface area (TPSA) is 29.1 Å². The minimum atomic E-state index is 0.0845. The Labute approximate surface area is 115 Å². The van der Waals surface area contributed by atoms with E-state index >= 15 is 0 Å². The third-order valence-corrected chi connectivity index (χ3v) is 5.84. The van der Waals surface area contributed by atoms with Crippen LogP contribution in [-0.2, 0) is 0 Å². The largest absolute Gasteiger partial charge is 0.349 e. The molecule has 0 radical (unpaired) electrons. The van der Waals surface area contributed by atoms with E-state index in [2.05, 4.69) is 21.2 Å². The van der Waals surface area contributed by atoms with Gasteiger partial charge in [0.05, 0.1) is 5.56 Å². The predicted molar refractivity (Wildman–Crippen MR) is 73.2 cm³/mol. The summed E-state index contributed by atoms with van der Waals surface area (Å²) in [5.41, 5.74) is 0.759. The molecule has 3 heteroatoms.